The molecular weight excluding hydrogens is 406 g/mol. The van der Waals surface area contributed by atoms with E-state index in [-0.39, 0.29) is 0 Å². The lowest BCUT2D eigenvalue weighted by Gasteiger charge is -2.27. The molecule has 17 heteroatoms. The van der Waals surface area contributed by atoms with Gasteiger partial charge in [-0.15, -0.1) is 10.2 Å². The standard InChI is InChI=1S/C8F14N2O/c9-3(5(11,12)13,6(14,15)16)1-23-24-2(25-1)4(10,7(17,18)19)8(20,21)22. The summed E-state index contributed by atoms with van der Waals surface area (Å²) in [7, 11) is 0. The van der Waals surface area contributed by atoms with Crippen molar-refractivity contribution >= 4 is 0 Å². The van der Waals surface area contributed by atoms with Gasteiger partial charge in [0.2, 0.25) is 0 Å². The molecule has 1 rings (SSSR count). The van der Waals surface area contributed by atoms with Crippen LogP contribution in [0.15, 0.2) is 4.42 Å². The molecule has 0 bridgehead atoms. The van der Waals surface area contributed by atoms with Gasteiger partial charge >= 0.3 is 36.0 Å². The Morgan fingerprint density at radius 3 is 0.800 bits per heavy atom. The summed E-state index contributed by atoms with van der Waals surface area (Å²) >= 11 is 0. The summed E-state index contributed by atoms with van der Waals surface area (Å²) in [5.41, 5.74) is -13.3. The second-order valence-electron chi connectivity index (χ2n) is 4.22. The van der Waals surface area contributed by atoms with Crippen molar-refractivity contribution in [2.24, 2.45) is 0 Å². The lowest BCUT2D eigenvalue weighted by molar-refractivity contribution is -0.360. The first-order valence-corrected chi connectivity index (χ1v) is 5.20. The lowest BCUT2D eigenvalue weighted by atomic mass is 10.0. The van der Waals surface area contributed by atoms with Crippen LogP contribution in [-0.4, -0.2) is 34.9 Å². The van der Waals surface area contributed by atoms with Crippen molar-refractivity contribution in [3.8, 4) is 0 Å². The van der Waals surface area contributed by atoms with Crippen molar-refractivity contribution in [2.75, 3.05) is 0 Å². The molecule has 25 heavy (non-hydrogen) atoms. The molecule has 0 aliphatic heterocycles. The van der Waals surface area contributed by atoms with E-state index in [2.05, 4.69) is 4.42 Å². The monoisotopic (exact) mass is 406 g/mol. The number of halogens is 14. The van der Waals surface area contributed by atoms with Gasteiger partial charge in [-0.3, -0.25) is 0 Å². The van der Waals surface area contributed by atoms with Crippen LogP contribution in [0.5, 0.6) is 0 Å². The molecule has 0 saturated heterocycles. The maximum absolute atomic E-state index is 13.4. The fraction of sp³-hybridized carbons (Fsp3) is 0.750. The number of rotatable bonds is 2. The zero-order valence-electron chi connectivity index (χ0n) is 10.6. The Bertz CT molecular complexity index is 538. The van der Waals surface area contributed by atoms with E-state index in [0.717, 1.165) is 0 Å². The molecule has 0 aromatic carbocycles. The van der Waals surface area contributed by atoms with Gasteiger partial charge in [0.25, 0.3) is 11.8 Å². The normalized spacial score (nSPS) is 15.6. The van der Waals surface area contributed by atoms with Crippen LogP contribution in [0.4, 0.5) is 61.5 Å². The second kappa shape index (κ2) is 5.33. The molecular formula is C8F14N2O. The summed E-state index contributed by atoms with van der Waals surface area (Å²) in [6, 6.07) is 0. The molecule has 1 aromatic heterocycles. The molecule has 0 unspecified atom stereocenters. The van der Waals surface area contributed by atoms with Crippen LogP contribution in [0.1, 0.15) is 11.8 Å². The highest BCUT2D eigenvalue weighted by Crippen LogP contribution is 2.56. The molecule has 3 nitrogen and oxygen atoms in total. The minimum absolute atomic E-state index is 1.54. The summed E-state index contributed by atoms with van der Waals surface area (Å²) < 4.78 is 177. The summed E-state index contributed by atoms with van der Waals surface area (Å²) in [5, 5.41) is 3.09. The number of aromatic nitrogens is 2. The number of hydrogen-bond donors (Lipinski definition) is 0. The highest BCUT2D eigenvalue weighted by atomic mass is 19.4. The Morgan fingerprint density at radius 2 is 0.640 bits per heavy atom. The van der Waals surface area contributed by atoms with Gasteiger partial charge in [-0.05, 0) is 0 Å². The van der Waals surface area contributed by atoms with Gasteiger partial charge in [-0.25, -0.2) is 8.78 Å². The Labute approximate surface area is 125 Å². The van der Waals surface area contributed by atoms with Crippen LogP contribution in [0.3, 0.4) is 0 Å². The van der Waals surface area contributed by atoms with E-state index < -0.39 is 47.8 Å². The molecule has 1 heterocycles. The summed E-state index contributed by atoms with van der Waals surface area (Å²) in [6.45, 7) is 0. The Morgan fingerprint density at radius 1 is 0.440 bits per heavy atom. The summed E-state index contributed by atoms with van der Waals surface area (Å²) in [4.78, 5) is 0. The number of hydrogen-bond acceptors (Lipinski definition) is 3. The minimum Gasteiger partial charge on any atom is -0.417 e. The molecule has 0 spiro atoms. The molecule has 0 fully saturated rings. The first kappa shape index (κ1) is 21.2. The van der Waals surface area contributed by atoms with Crippen LogP contribution >= 0.6 is 0 Å². The van der Waals surface area contributed by atoms with E-state index in [4.69, 9.17) is 0 Å². The molecule has 0 saturated carbocycles. The molecule has 0 aliphatic rings. The van der Waals surface area contributed by atoms with Crippen molar-refractivity contribution in [1.82, 2.24) is 10.2 Å². The molecule has 0 radical (unpaired) electrons. The van der Waals surface area contributed by atoms with E-state index in [1.165, 1.54) is 0 Å². The molecule has 0 N–H and O–H groups in total. The maximum atomic E-state index is 13.4. The van der Waals surface area contributed by atoms with Crippen LogP contribution in [0.2, 0.25) is 0 Å². The van der Waals surface area contributed by atoms with Crippen molar-refractivity contribution in [3.05, 3.63) is 11.8 Å². The van der Waals surface area contributed by atoms with Crippen LogP contribution in [0, 0.1) is 0 Å². The molecule has 0 aliphatic carbocycles. The lowest BCUT2D eigenvalue weighted by Crippen LogP contribution is -2.51. The quantitative estimate of drug-likeness (QED) is 0.672. The second-order valence-corrected chi connectivity index (χ2v) is 4.22. The van der Waals surface area contributed by atoms with Gasteiger partial charge < -0.3 is 4.42 Å². The predicted octanol–water partition coefficient (Wildman–Crippen LogP) is 4.65. The van der Waals surface area contributed by atoms with Gasteiger partial charge in [0.05, 0.1) is 0 Å². The highest BCUT2D eigenvalue weighted by molar-refractivity contribution is 5.12. The molecule has 1 aromatic rings. The SMILES string of the molecule is FC(F)(F)C(F)(c1nnc(C(F)(C(F)(F)F)C(F)(F)F)o1)C(F)(F)F. The van der Waals surface area contributed by atoms with Crippen molar-refractivity contribution in [1.29, 1.82) is 0 Å². The minimum atomic E-state index is -6.98. The van der Waals surface area contributed by atoms with E-state index in [1.807, 2.05) is 0 Å². The van der Waals surface area contributed by atoms with Gasteiger partial charge in [0.15, 0.2) is 0 Å². The van der Waals surface area contributed by atoms with Gasteiger partial charge in [-0.2, -0.15) is 52.7 Å². The summed E-state index contributed by atoms with van der Waals surface area (Å²) in [6.07, 6.45) is -27.9. The Kier molecular flexibility index (Phi) is 4.52. The zero-order chi connectivity index (χ0) is 20.3. The maximum Gasteiger partial charge on any atom is 0.441 e. The molecule has 0 amide bonds. The van der Waals surface area contributed by atoms with Crippen molar-refractivity contribution in [3.63, 3.8) is 0 Å². The Hall–Kier alpha value is -1.84. The zero-order valence-corrected chi connectivity index (χ0v) is 10.6. The topological polar surface area (TPSA) is 38.9 Å². The average molecular weight is 406 g/mol. The largest absolute Gasteiger partial charge is 0.441 e. The molecule has 146 valence electrons. The smallest absolute Gasteiger partial charge is 0.417 e. The van der Waals surface area contributed by atoms with Crippen LogP contribution in [0.25, 0.3) is 0 Å². The van der Waals surface area contributed by atoms with Crippen molar-refractivity contribution < 1.29 is 65.9 Å². The third-order valence-corrected chi connectivity index (χ3v) is 2.58. The van der Waals surface area contributed by atoms with Crippen LogP contribution in [-0.2, 0) is 11.3 Å². The first-order valence-electron chi connectivity index (χ1n) is 5.20. The first-order chi connectivity index (χ1) is 10.7. The molecule has 0 atom stereocenters. The van der Waals surface area contributed by atoms with Crippen molar-refractivity contribution in [2.45, 2.75) is 36.0 Å². The van der Waals surface area contributed by atoms with E-state index in [0.29, 0.717) is 0 Å². The number of nitrogens with zero attached hydrogens (tertiary/aromatic N) is 2. The fourth-order valence-electron chi connectivity index (χ4n) is 1.31. The Balaban J connectivity index is 3.67. The third-order valence-electron chi connectivity index (χ3n) is 2.58. The summed E-state index contributed by atoms with van der Waals surface area (Å²) in [5.74, 6) is -6.81. The average Bonchev–Trinajstić information content (AvgIpc) is 2.80. The van der Waals surface area contributed by atoms with Gasteiger partial charge in [0, 0.05) is 0 Å². The van der Waals surface area contributed by atoms with Gasteiger partial charge in [-0.1, -0.05) is 0 Å². The predicted molar refractivity (Wildman–Crippen MR) is 44.1 cm³/mol. The van der Waals surface area contributed by atoms with Gasteiger partial charge in [0.1, 0.15) is 0 Å². The third kappa shape index (κ3) is 2.96. The number of alkyl halides is 14. The van der Waals surface area contributed by atoms with E-state index >= 15 is 0 Å². The van der Waals surface area contributed by atoms with E-state index in [9.17, 15) is 61.5 Å². The van der Waals surface area contributed by atoms with Crippen LogP contribution < -0.4 is 0 Å². The van der Waals surface area contributed by atoms with E-state index in [1.54, 1.807) is 10.2 Å². The fourth-order valence-corrected chi connectivity index (χ4v) is 1.31. The highest BCUT2D eigenvalue weighted by Gasteiger charge is 2.80.